The van der Waals surface area contributed by atoms with Gasteiger partial charge in [-0.1, -0.05) is 459 Å². The van der Waals surface area contributed by atoms with E-state index in [-0.39, 0.29) is 25.7 Å². The minimum absolute atomic E-state index is 0.109. The molecule has 17 nitrogen and oxygen atoms in total. The lowest BCUT2D eigenvalue weighted by Crippen LogP contribution is -2.30. The average Bonchev–Trinajstić information content (AvgIpc) is 0.899. The Labute approximate surface area is 696 Å². The Bertz CT molecular complexity index is 2150. The number of phosphoric acid groups is 2. The highest BCUT2D eigenvalue weighted by molar-refractivity contribution is 7.47. The first-order chi connectivity index (χ1) is 54.9. The zero-order valence-electron chi connectivity index (χ0n) is 74.7. The minimum atomic E-state index is -4.97. The Hall–Kier alpha value is -1.94. The lowest BCUT2D eigenvalue weighted by Gasteiger charge is -2.21. The van der Waals surface area contributed by atoms with Gasteiger partial charge in [-0.2, -0.15) is 0 Å². The van der Waals surface area contributed by atoms with Gasteiger partial charge in [-0.05, 0) is 37.5 Å². The summed E-state index contributed by atoms with van der Waals surface area (Å²) in [6.45, 7) is 9.83. The van der Waals surface area contributed by atoms with Crippen LogP contribution in [0.5, 0.6) is 0 Å². The molecule has 0 fully saturated rings. The Balaban J connectivity index is 5.25. The van der Waals surface area contributed by atoms with Crippen LogP contribution in [0.3, 0.4) is 0 Å². The first-order valence-electron chi connectivity index (χ1n) is 48.5. The molecule has 0 amide bonds. The number of hydrogen-bond donors (Lipinski definition) is 3. The fourth-order valence-electron chi connectivity index (χ4n) is 14.8. The summed E-state index contributed by atoms with van der Waals surface area (Å²) >= 11 is 0. The van der Waals surface area contributed by atoms with Gasteiger partial charge < -0.3 is 33.8 Å². The van der Waals surface area contributed by atoms with Gasteiger partial charge in [0.1, 0.15) is 19.3 Å². The Morgan fingerprint density at radius 1 is 0.257 bits per heavy atom. The predicted octanol–water partition coefficient (Wildman–Crippen LogP) is 29.4. The molecule has 0 aliphatic carbocycles. The van der Waals surface area contributed by atoms with Crippen LogP contribution in [-0.4, -0.2) is 96.7 Å². The van der Waals surface area contributed by atoms with Gasteiger partial charge in [0.2, 0.25) is 0 Å². The van der Waals surface area contributed by atoms with Crippen LogP contribution in [0.1, 0.15) is 510 Å². The molecule has 19 heteroatoms. The van der Waals surface area contributed by atoms with Crippen LogP contribution in [0, 0.1) is 11.8 Å². The smallest absolute Gasteiger partial charge is 0.462 e. The summed E-state index contributed by atoms with van der Waals surface area (Å²) in [6.07, 6.45) is 80.5. The molecule has 0 spiro atoms. The number of aliphatic hydroxyl groups is 1. The van der Waals surface area contributed by atoms with Crippen molar-refractivity contribution >= 4 is 39.5 Å². The Morgan fingerprint density at radius 2 is 0.451 bits per heavy atom. The van der Waals surface area contributed by atoms with Crippen LogP contribution in [0.2, 0.25) is 0 Å². The van der Waals surface area contributed by atoms with E-state index < -0.39 is 97.5 Å². The van der Waals surface area contributed by atoms with Crippen molar-refractivity contribution < 1.29 is 80.2 Å². The van der Waals surface area contributed by atoms with Gasteiger partial charge in [-0.3, -0.25) is 37.3 Å². The second kappa shape index (κ2) is 85.1. The summed E-state index contributed by atoms with van der Waals surface area (Å²) in [5.41, 5.74) is 0. The van der Waals surface area contributed by atoms with Crippen LogP contribution >= 0.6 is 15.6 Å². The van der Waals surface area contributed by atoms with E-state index in [1.807, 2.05) is 0 Å². The summed E-state index contributed by atoms with van der Waals surface area (Å²) in [5, 5.41) is 10.7. The van der Waals surface area contributed by atoms with Gasteiger partial charge in [0, 0.05) is 25.7 Å². The lowest BCUT2D eigenvalue weighted by atomic mass is 9.99. The molecule has 6 atom stereocenters. The van der Waals surface area contributed by atoms with Gasteiger partial charge in [0.05, 0.1) is 26.4 Å². The SMILES string of the molecule is CCCCCCCCCCCCCCCCCCCC(=O)O[C@H](COC(=O)CCCCCCCCCCCCCCC)COP(=O)(O)OC[C@H](O)COP(=O)(O)OC[C@@H](COC(=O)CCCCCCCCCCCCCCCCCCCCC(C)C)OC(=O)CCCCCCCCCCCCCCCCCCCCC(C)CC. The van der Waals surface area contributed by atoms with E-state index >= 15 is 0 Å². The van der Waals surface area contributed by atoms with Crippen LogP contribution in [0.15, 0.2) is 0 Å². The van der Waals surface area contributed by atoms with Crippen molar-refractivity contribution in [3.63, 3.8) is 0 Å². The number of ether oxygens (including phenoxy) is 4. The van der Waals surface area contributed by atoms with E-state index in [0.29, 0.717) is 25.7 Å². The third kappa shape index (κ3) is 86.3. The molecular weight excluding hydrogens is 1460 g/mol. The number of carbonyl (C=O) groups excluding carboxylic acids is 4. The van der Waals surface area contributed by atoms with Gasteiger partial charge in [0.25, 0.3) is 0 Å². The molecule has 3 unspecified atom stereocenters. The normalized spacial score (nSPS) is 13.9. The van der Waals surface area contributed by atoms with Crippen molar-refractivity contribution in [2.45, 2.75) is 529 Å². The molecule has 113 heavy (non-hydrogen) atoms. The van der Waals surface area contributed by atoms with Crippen molar-refractivity contribution in [3.05, 3.63) is 0 Å². The fourth-order valence-corrected chi connectivity index (χ4v) is 16.4. The number of phosphoric ester groups is 2. The number of unbranched alkanes of at least 4 members (excludes halogenated alkanes) is 62. The van der Waals surface area contributed by atoms with E-state index in [0.717, 1.165) is 102 Å². The van der Waals surface area contributed by atoms with Gasteiger partial charge in [0.15, 0.2) is 12.2 Å². The van der Waals surface area contributed by atoms with E-state index in [9.17, 15) is 43.2 Å². The lowest BCUT2D eigenvalue weighted by molar-refractivity contribution is -0.161. The van der Waals surface area contributed by atoms with Gasteiger partial charge in [-0.25, -0.2) is 9.13 Å². The number of carbonyl (C=O) groups is 4. The number of rotatable bonds is 93. The highest BCUT2D eigenvalue weighted by Gasteiger charge is 2.31. The van der Waals surface area contributed by atoms with Crippen molar-refractivity contribution in [2.75, 3.05) is 39.6 Å². The van der Waals surface area contributed by atoms with Gasteiger partial charge in [-0.15, -0.1) is 0 Å². The molecule has 0 aromatic rings. The third-order valence-electron chi connectivity index (χ3n) is 22.6. The summed E-state index contributed by atoms with van der Waals surface area (Å²) < 4.78 is 69.2. The number of hydrogen-bond acceptors (Lipinski definition) is 15. The highest BCUT2D eigenvalue weighted by Crippen LogP contribution is 2.45. The van der Waals surface area contributed by atoms with Crippen molar-refractivity contribution in [1.82, 2.24) is 0 Å². The van der Waals surface area contributed by atoms with Crippen LogP contribution in [0.4, 0.5) is 0 Å². The standard InChI is InChI=1S/C94H184O17P2/c1-7-10-12-14-16-18-20-22-23-28-36-42-48-54-60-66-72-78-93(98)110-89(82-104-91(96)76-70-64-58-52-46-38-21-19-17-15-13-11-8-2)84-108-112(100,101)106-80-88(95)81-107-113(102,103)109-85-90(83-105-92(97)77-71-65-59-53-47-41-35-31-26-24-29-33-39-44-50-56-62-68-74-86(4)5)111-94(99)79-73-67-61-55-49-43-37-32-27-25-30-34-40-45-51-57-63-69-75-87(6)9-3/h86-90,95H,7-85H2,1-6H3,(H,100,101)(H,102,103)/t87?,88-,89+,90+/m0/s1. The zero-order chi connectivity index (χ0) is 82.7. The molecule has 3 N–H and O–H groups in total. The van der Waals surface area contributed by atoms with E-state index in [1.54, 1.807) is 0 Å². The number of esters is 4. The maximum Gasteiger partial charge on any atom is 0.472 e. The zero-order valence-corrected chi connectivity index (χ0v) is 76.5. The third-order valence-corrected chi connectivity index (χ3v) is 24.5. The topological polar surface area (TPSA) is 237 Å². The fraction of sp³-hybridized carbons (Fsp3) is 0.957. The largest absolute Gasteiger partial charge is 0.472 e. The van der Waals surface area contributed by atoms with Crippen molar-refractivity contribution in [1.29, 1.82) is 0 Å². The Kier molecular flexibility index (Phi) is 83.6. The molecule has 0 radical (unpaired) electrons. The molecule has 0 aliphatic heterocycles. The molecule has 0 bridgehead atoms. The van der Waals surface area contributed by atoms with Crippen LogP contribution in [-0.2, 0) is 65.4 Å². The molecule has 0 saturated heterocycles. The maximum atomic E-state index is 13.2. The number of aliphatic hydroxyl groups excluding tert-OH is 1. The van der Waals surface area contributed by atoms with Crippen molar-refractivity contribution in [3.8, 4) is 0 Å². The van der Waals surface area contributed by atoms with Crippen molar-refractivity contribution in [2.24, 2.45) is 11.8 Å². The van der Waals surface area contributed by atoms with E-state index in [4.69, 9.17) is 37.0 Å². The van der Waals surface area contributed by atoms with Crippen LogP contribution < -0.4 is 0 Å². The molecule has 0 aromatic heterocycles. The summed E-state index contributed by atoms with van der Waals surface area (Å²) in [6, 6.07) is 0. The van der Waals surface area contributed by atoms with E-state index in [2.05, 4.69) is 41.5 Å². The first kappa shape index (κ1) is 111. The Morgan fingerprint density at radius 3 is 0.673 bits per heavy atom. The molecule has 0 heterocycles. The summed E-state index contributed by atoms with van der Waals surface area (Å²) in [4.78, 5) is 73.5. The molecular formula is C94H184O17P2. The monoisotopic (exact) mass is 1650 g/mol. The van der Waals surface area contributed by atoms with Crippen LogP contribution in [0.25, 0.3) is 0 Å². The van der Waals surface area contributed by atoms with E-state index in [1.165, 1.54) is 327 Å². The first-order valence-corrected chi connectivity index (χ1v) is 51.5. The van der Waals surface area contributed by atoms with Gasteiger partial charge >= 0.3 is 39.5 Å². The molecule has 0 aromatic carbocycles. The predicted molar refractivity (Wildman–Crippen MR) is 469 cm³/mol. The quantitative estimate of drug-likeness (QED) is 0.0222. The minimum Gasteiger partial charge on any atom is -0.462 e. The molecule has 0 saturated carbocycles. The maximum absolute atomic E-state index is 13.2. The second-order valence-electron chi connectivity index (χ2n) is 34.5. The molecule has 0 aliphatic rings. The molecule has 672 valence electrons. The summed E-state index contributed by atoms with van der Waals surface area (Å²) in [7, 11) is -9.94. The highest BCUT2D eigenvalue weighted by atomic mass is 31.2. The average molecular weight is 1650 g/mol. The second-order valence-corrected chi connectivity index (χ2v) is 37.4. The summed E-state index contributed by atoms with van der Waals surface area (Å²) in [5.74, 6) is -0.396. The molecule has 0 rings (SSSR count).